The SMILES string of the molecule is CC(=O)Oc1ccc2c(=O)c(-c3ccccc3Cl)coc2c1C. The summed E-state index contributed by atoms with van der Waals surface area (Å²) >= 11 is 6.16. The van der Waals surface area contributed by atoms with Crippen LogP contribution in [0.4, 0.5) is 0 Å². The van der Waals surface area contributed by atoms with Crippen molar-refractivity contribution in [3.8, 4) is 16.9 Å². The van der Waals surface area contributed by atoms with Gasteiger partial charge in [0, 0.05) is 23.1 Å². The Bertz CT molecular complexity index is 972. The Hall–Kier alpha value is -2.59. The number of ether oxygens (including phenoxy) is 1. The first-order chi connectivity index (χ1) is 11.0. The molecule has 1 heterocycles. The molecule has 0 saturated carbocycles. The van der Waals surface area contributed by atoms with Gasteiger partial charge < -0.3 is 9.15 Å². The number of rotatable bonds is 2. The van der Waals surface area contributed by atoms with Crippen LogP contribution in [0.3, 0.4) is 0 Å². The molecule has 3 rings (SSSR count). The molecule has 0 N–H and O–H groups in total. The highest BCUT2D eigenvalue weighted by Crippen LogP contribution is 2.30. The van der Waals surface area contributed by atoms with E-state index in [1.165, 1.54) is 13.2 Å². The molecule has 3 aromatic rings. The maximum atomic E-state index is 12.7. The maximum Gasteiger partial charge on any atom is 0.308 e. The molecule has 116 valence electrons. The van der Waals surface area contributed by atoms with Crippen molar-refractivity contribution in [2.24, 2.45) is 0 Å². The van der Waals surface area contributed by atoms with Gasteiger partial charge in [0.15, 0.2) is 0 Å². The van der Waals surface area contributed by atoms with Crippen LogP contribution >= 0.6 is 11.6 Å². The summed E-state index contributed by atoms with van der Waals surface area (Å²) in [6.45, 7) is 3.05. The van der Waals surface area contributed by atoms with E-state index in [1.54, 1.807) is 43.3 Å². The average Bonchev–Trinajstić information content (AvgIpc) is 2.51. The third kappa shape index (κ3) is 2.73. The van der Waals surface area contributed by atoms with E-state index in [0.717, 1.165) is 0 Å². The Labute approximate surface area is 137 Å². The minimum absolute atomic E-state index is 0.183. The number of halogens is 1. The summed E-state index contributed by atoms with van der Waals surface area (Å²) in [7, 11) is 0. The van der Waals surface area contributed by atoms with Crippen LogP contribution in [0.2, 0.25) is 5.02 Å². The standard InChI is InChI=1S/C18H13ClO4/c1-10-16(23-11(2)20)8-7-13-17(21)14(9-22-18(10)13)12-5-3-4-6-15(12)19/h3-9H,1-2H3. The summed E-state index contributed by atoms with van der Waals surface area (Å²) in [5.74, 6) is -0.0545. The van der Waals surface area contributed by atoms with Crippen molar-refractivity contribution >= 4 is 28.5 Å². The van der Waals surface area contributed by atoms with Gasteiger partial charge in [0.05, 0.1) is 10.9 Å². The highest BCUT2D eigenvalue weighted by atomic mass is 35.5. The second-order valence-corrected chi connectivity index (χ2v) is 5.52. The lowest BCUT2D eigenvalue weighted by Crippen LogP contribution is -2.07. The normalized spacial score (nSPS) is 10.7. The van der Waals surface area contributed by atoms with Gasteiger partial charge >= 0.3 is 5.97 Å². The summed E-state index contributed by atoms with van der Waals surface area (Å²) in [4.78, 5) is 23.9. The molecule has 4 nitrogen and oxygen atoms in total. The van der Waals surface area contributed by atoms with E-state index >= 15 is 0 Å². The van der Waals surface area contributed by atoms with E-state index < -0.39 is 5.97 Å². The minimum atomic E-state index is -0.428. The quantitative estimate of drug-likeness (QED) is 0.518. The van der Waals surface area contributed by atoms with Crippen LogP contribution in [0.15, 0.2) is 51.9 Å². The van der Waals surface area contributed by atoms with Crippen LogP contribution in [0.1, 0.15) is 12.5 Å². The number of esters is 1. The Morgan fingerprint density at radius 2 is 1.87 bits per heavy atom. The van der Waals surface area contributed by atoms with Crippen LogP contribution < -0.4 is 10.2 Å². The zero-order chi connectivity index (χ0) is 16.6. The van der Waals surface area contributed by atoms with Crippen molar-refractivity contribution < 1.29 is 13.9 Å². The zero-order valence-corrected chi connectivity index (χ0v) is 13.3. The average molecular weight is 329 g/mol. The molecule has 0 aliphatic carbocycles. The van der Waals surface area contributed by atoms with Crippen molar-refractivity contribution in [2.45, 2.75) is 13.8 Å². The van der Waals surface area contributed by atoms with Crippen LogP contribution in [-0.4, -0.2) is 5.97 Å². The van der Waals surface area contributed by atoms with E-state index in [2.05, 4.69) is 0 Å². The molecule has 0 amide bonds. The van der Waals surface area contributed by atoms with Gasteiger partial charge in [-0.1, -0.05) is 29.8 Å². The van der Waals surface area contributed by atoms with E-state index in [1.807, 2.05) is 0 Å². The Balaban J connectivity index is 2.24. The Morgan fingerprint density at radius 3 is 2.57 bits per heavy atom. The fourth-order valence-electron chi connectivity index (χ4n) is 2.45. The van der Waals surface area contributed by atoms with Gasteiger partial charge in [0.1, 0.15) is 17.6 Å². The van der Waals surface area contributed by atoms with Gasteiger partial charge in [-0.3, -0.25) is 9.59 Å². The van der Waals surface area contributed by atoms with Gasteiger partial charge in [-0.2, -0.15) is 0 Å². The molecule has 0 radical (unpaired) electrons. The van der Waals surface area contributed by atoms with E-state index in [9.17, 15) is 9.59 Å². The number of carbonyl (C=O) groups excluding carboxylic acids is 1. The number of hydrogen-bond donors (Lipinski definition) is 0. The Morgan fingerprint density at radius 1 is 1.13 bits per heavy atom. The number of fused-ring (bicyclic) bond motifs is 1. The van der Waals surface area contributed by atoms with Gasteiger partial charge in [0.25, 0.3) is 0 Å². The lowest BCUT2D eigenvalue weighted by atomic mass is 10.0. The van der Waals surface area contributed by atoms with Gasteiger partial charge in [-0.05, 0) is 25.1 Å². The lowest BCUT2D eigenvalue weighted by Gasteiger charge is -2.09. The lowest BCUT2D eigenvalue weighted by molar-refractivity contribution is -0.131. The summed E-state index contributed by atoms with van der Waals surface area (Å²) in [5, 5.41) is 0.892. The molecular formula is C18H13ClO4. The summed E-state index contributed by atoms with van der Waals surface area (Å²) in [6.07, 6.45) is 1.39. The molecule has 0 unspecified atom stereocenters. The van der Waals surface area contributed by atoms with Crippen LogP contribution in [0.25, 0.3) is 22.1 Å². The fraction of sp³-hybridized carbons (Fsp3) is 0.111. The number of aryl methyl sites for hydroxylation is 1. The second-order valence-electron chi connectivity index (χ2n) is 5.12. The maximum absolute atomic E-state index is 12.7. The molecule has 0 fully saturated rings. The molecule has 5 heteroatoms. The summed E-state index contributed by atoms with van der Waals surface area (Å²) in [5.41, 5.74) is 1.82. The molecule has 2 aromatic carbocycles. The molecular weight excluding hydrogens is 316 g/mol. The molecule has 0 saturated heterocycles. The van der Waals surface area contributed by atoms with Crippen LogP contribution in [0, 0.1) is 6.92 Å². The van der Waals surface area contributed by atoms with Crippen molar-refractivity contribution in [1.29, 1.82) is 0 Å². The van der Waals surface area contributed by atoms with E-state index in [4.69, 9.17) is 20.8 Å². The fourth-order valence-corrected chi connectivity index (χ4v) is 2.69. The van der Waals surface area contributed by atoms with Crippen LogP contribution in [0.5, 0.6) is 5.75 Å². The first kappa shape index (κ1) is 15.3. The van der Waals surface area contributed by atoms with Crippen LogP contribution in [-0.2, 0) is 4.79 Å². The summed E-state index contributed by atoms with van der Waals surface area (Å²) in [6, 6.07) is 10.3. The summed E-state index contributed by atoms with van der Waals surface area (Å²) < 4.78 is 10.7. The molecule has 0 spiro atoms. The predicted octanol–water partition coefficient (Wildman–Crippen LogP) is 4.35. The third-order valence-corrected chi connectivity index (χ3v) is 3.89. The smallest absolute Gasteiger partial charge is 0.308 e. The second kappa shape index (κ2) is 5.89. The molecule has 0 aliphatic heterocycles. The van der Waals surface area contributed by atoms with Gasteiger partial charge in [-0.15, -0.1) is 0 Å². The van der Waals surface area contributed by atoms with Crippen molar-refractivity contribution in [3.63, 3.8) is 0 Å². The zero-order valence-electron chi connectivity index (χ0n) is 12.6. The predicted molar refractivity (Wildman–Crippen MR) is 89.0 cm³/mol. The van der Waals surface area contributed by atoms with Crippen molar-refractivity contribution in [1.82, 2.24) is 0 Å². The number of carbonyl (C=O) groups is 1. The highest BCUT2D eigenvalue weighted by molar-refractivity contribution is 6.33. The topological polar surface area (TPSA) is 56.5 Å². The number of benzene rings is 2. The van der Waals surface area contributed by atoms with E-state index in [-0.39, 0.29) is 5.43 Å². The first-order valence-electron chi connectivity index (χ1n) is 6.97. The third-order valence-electron chi connectivity index (χ3n) is 3.56. The van der Waals surface area contributed by atoms with Crippen molar-refractivity contribution in [2.75, 3.05) is 0 Å². The molecule has 1 aromatic heterocycles. The molecule has 0 atom stereocenters. The molecule has 0 aliphatic rings. The van der Waals surface area contributed by atoms with Gasteiger partial charge in [0.2, 0.25) is 5.43 Å². The van der Waals surface area contributed by atoms with E-state index in [0.29, 0.717) is 38.4 Å². The van der Waals surface area contributed by atoms with Crippen molar-refractivity contribution in [3.05, 3.63) is 63.5 Å². The largest absolute Gasteiger partial charge is 0.463 e. The first-order valence-corrected chi connectivity index (χ1v) is 7.35. The van der Waals surface area contributed by atoms with Gasteiger partial charge in [-0.25, -0.2) is 0 Å². The monoisotopic (exact) mass is 328 g/mol. The number of hydrogen-bond acceptors (Lipinski definition) is 4. The minimum Gasteiger partial charge on any atom is -0.463 e. The highest BCUT2D eigenvalue weighted by Gasteiger charge is 2.15. The molecule has 23 heavy (non-hydrogen) atoms. The Kier molecular flexibility index (Phi) is 3.92. The molecule has 0 bridgehead atoms.